The predicted octanol–water partition coefficient (Wildman–Crippen LogP) is 2.13. The van der Waals surface area contributed by atoms with Gasteiger partial charge in [-0.25, -0.2) is 4.98 Å². The number of halogens is 3. The molecule has 160 valence electrons. The van der Waals surface area contributed by atoms with E-state index in [2.05, 4.69) is 20.3 Å². The Morgan fingerprint density at radius 2 is 1.83 bits per heavy atom. The average Bonchev–Trinajstić information content (AvgIpc) is 3.15. The van der Waals surface area contributed by atoms with E-state index in [0.29, 0.717) is 67.9 Å². The molecule has 0 radical (unpaired) electrons. The van der Waals surface area contributed by atoms with Crippen molar-refractivity contribution in [2.24, 2.45) is 0 Å². The number of benzene rings is 1. The maximum atomic E-state index is 12.8. The second kappa shape index (κ2) is 8.44. The van der Waals surface area contributed by atoms with Gasteiger partial charge in [-0.1, -0.05) is 12.1 Å². The van der Waals surface area contributed by atoms with E-state index >= 15 is 0 Å². The Morgan fingerprint density at radius 1 is 1.10 bits per heavy atom. The summed E-state index contributed by atoms with van der Waals surface area (Å²) in [6.07, 6.45) is -2.78. The molecular weight excluding hydrogens is 401 g/mol. The van der Waals surface area contributed by atoms with Crippen LogP contribution in [-0.4, -0.2) is 64.1 Å². The molecular formula is C19H21F3N6O2. The van der Waals surface area contributed by atoms with Crippen molar-refractivity contribution in [2.45, 2.75) is 12.7 Å². The Balaban J connectivity index is 1.67. The summed E-state index contributed by atoms with van der Waals surface area (Å²) in [5.41, 5.74) is 1.10. The van der Waals surface area contributed by atoms with Crippen LogP contribution in [0.2, 0.25) is 0 Å². The summed E-state index contributed by atoms with van der Waals surface area (Å²) < 4.78 is 45.6. The molecule has 11 heteroatoms. The van der Waals surface area contributed by atoms with Gasteiger partial charge in [0.15, 0.2) is 17.0 Å². The first-order valence-electron chi connectivity index (χ1n) is 9.52. The minimum atomic E-state index is -4.37. The van der Waals surface area contributed by atoms with Gasteiger partial charge in [-0.05, 0) is 17.7 Å². The highest BCUT2D eigenvalue weighted by Gasteiger charge is 2.30. The lowest BCUT2D eigenvalue weighted by molar-refractivity contribution is -0.137. The van der Waals surface area contributed by atoms with Crippen molar-refractivity contribution in [1.82, 2.24) is 19.5 Å². The van der Waals surface area contributed by atoms with Crippen LogP contribution < -0.4 is 10.2 Å². The fourth-order valence-electron chi connectivity index (χ4n) is 3.25. The van der Waals surface area contributed by atoms with E-state index in [1.54, 1.807) is 10.9 Å². The van der Waals surface area contributed by atoms with Crippen LogP contribution in [0, 0.1) is 0 Å². The highest BCUT2D eigenvalue weighted by atomic mass is 19.4. The third-order valence-corrected chi connectivity index (χ3v) is 4.78. The molecule has 0 unspecified atom stereocenters. The van der Waals surface area contributed by atoms with Crippen molar-refractivity contribution in [3.63, 3.8) is 0 Å². The molecule has 0 amide bonds. The second-order valence-electron chi connectivity index (χ2n) is 6.86. The third kappa shape index (κ3) is 4.31. The number of hydrogen-bond donors (Lipinski definition) is 2. The molecule has 0 saturated carbocycles. The van der Waals surface area contributed by atoms with E-state index in [1.807, 2.05) is 4.90 Å². The zero-order chi connectivity index (χ0) is 21.1. The van der Waals surface area contributed by atoms with E-state index in [0.717, 1.165) is 12.1 Å². The average molecular weight is 422 g/mol. The number of imidazole rings is 1. The molecule has 1 saturated heterocycles. The number of anilines is 2. The number of aliphatic hydroxyl groups is 1. The van der Waals surface area contributed by atoms with Gasteiger partial charge in [0.25, 0.3) is 0 Å². The molecule has 1 aromatic carbocycles. The number of morpholine rings is 1. The van der Waals surface area contributed by atoms with Crippen molar-refractivity contribution >= 4 is 22.9 Å². The highest BCUT2D eigenvalue weighted by Crippen LogP contribution is 2.29. The van der Waals surface area contributed by atoms with Gasteiger partial charge in [0.2, 0.25) is 5.95 Å². The lowest BCUT2D eigenvalue weighted by Crippen LogP contribution is -2.37. The van der Waals surface area contributed by atoms with E-state index in [4.69, 9.17) is 9.84 Å². The fourth-order valence-corrected chi connectivity index (χ4v) is 3.25. The summed E-state index contributed by atoms with van der Waals surface area (Å²) in [4.78, 5) is 15.6. The number of hydrogen-bond acceptors (Lipinski definition) is 7. The standard InChI is InChI=1S/C19H21F3N6O2/c20-19(21,22)14-3-1-13(2-4-14)11-28-12-24-15-16(23-5-8-29)25-18(26-17(15)28)27-6-9-30-10-7-27/h1-4,12,29H,5-11H2,(H,23,25,26). The SMILES string of the molecule is OCCNc1nc(N2CCOCC2)nc2c1ncn2Cc1ccc(C(F)(F)F)cc1. The molecule has 0 spiro atoms. The quantitative estimate of drug-likeness (QED) is 0.629. The Hall–Kier alpha value is -2.92. The minimum Gasteiger partial charge on any atom is -0.395 e. The van der Waals surface area contributed by atoms with Gasteiger partial charge in [0, 0.05) is 19.6 Å². The molecule has 0 bridgehead atoms. The molecule has 3 heterocycles. The summed E-state index contributed by atoms with van der Waals surface area (Å²) in [6.45, 7) is 3.01. The number of ether oxygens (including phenoxy) is 1. The lowest BCUT2D eigenvalue weighted by Gasteiger charge is -2.27. The van der Waals surface area contributed by atoms with Crippen molar-refractivity contribution < 1.29 is 23.0 Å². The molecule has 1 aliphatic rings. The van der Waals surface area contributed by atoms with Crippen molar-refractivity contribution in [3.8, 4) is 0 Å². The summed E-state index contributed by atoms with van der Waals surface area (Å²) in [7, 11) is 0. The Kier molecular flexibility index (Phi) is 5.73. The molecule has 1 aliphatic heterocycles. The summed E-state index contributed by atoms with van der Waals surface area (Å²) >= 11 is 0. The normalized spacial score (nSPS) is 15.0. The monoisotopic (exact) mass is 422 g/mol. The second-order valence-corrected chi connectivity index (χ2v) is 6.86. The van der Waals surface area contributed by atoms with Crippen molar-refractivity contribution in [2.75, 3.05) is 49.7 Å². The number of fused-ring (bicyclic) bond motifs is 1. The van der Waals surface area contributed by atoms with Crippen molar-refractivity contribution in [3.05, 3.63) is 41.7 Å². The third-order valence-electron chi connectivity index (χ3n) is 4.78. The number of nitrogens with one attached hydrogen (secondary N) is 1. The molecule has 8 nitrogen and oxygen atoms in total. The maximum absolute atomic E-state index is 12.8. The molecule has 2 N–H and O–H groups in total. The van der Waals surface area contributed by atoms with Gasteiger partial charge in [-0.15, -0.1) is 0 Å². The number of alkyl halides is 3. The summed E-state index contributed by atoms with van der Waals surface area (Å²) in [5, 5.41) is 12.2. The van der Waals surface area contributed by atoms with E-state index in [-0.39, 0.29) is 6.61 Å². The van der Waals surface area contributed by atoms with Gasteiger partial charge < -0.3 is 24.6 Å². The van der Waals surface area contributed by atoms with Crippen LogP contribution in [0.1, 0.15) is 11.1 Å². The number of aliphatic hydroxyl groups excluding tert-OH is 1. The van der Waals surface area contributed by atoms with Crippen molar-refractivity contribution in [1.29, 1.82) is 0 Å². The summed E-state index contributed by atoms with van der Waals surface area (Å²) in [6, 6.07) is 5.03. The first-order valence-corrected chi connectivity index (χ1v) is 9.52. The van der Waals surface area contributed by atoms with Gasteiger partial charge in [0.1, 0.15) is 0 Å². The van der Waals surface area contributed by atoms with Crippen LogP contribution in [0.25, 0.3) is 11.2 Å². The van der Waals surface area contributed by atoms with E-state index in [9.17, 15) is 13.2 Å². The number of rotatable bonds is 6. The van der Waals surface area contributed by atoms with Crippen LogP contribution in [0.5, 0.6) is 0 Å². The minimum absolute atomic E-state index is 0.0648. The maximum Gasteiger partial charge on any atom is 0.416 e. The zero-order valence-electron chi connectivity index (χ0n) is 16.1. The molecule has 1 fully saturated rings. The molecule has 3 aromatic rings. The zero-order valence-corrected chi connectivity index (χ0v) is 16.1. The Bertz CT molecular complexity index is 1000. The van der Waals surface area contributed by atoms with Crippen LogP contribution in [-0.2, 0) is 17.5 Å². The van der Waals surface area contributed by atoms with Crippen LogP contribution in [0.3, 0.4) is 0 Å². The van der Waals surface area contributed by atoms with E-state index in [1.165, 1.54) is 12.1 Å². The smallest absolute Gasteiger partial charge is 0.395 e. The van der Waals surface area contributed by atoms with Gasteiger partial charge in [-0.2, -0.15) is 23.1 Å². The van der Waals surface area contributed by atoms with E-state index < -0.39 is 11.7 Å². The van der Waals surface area contributed by atoms with Gasteiger partial charge in [0.05, 0.1) is 38.3 Å². The summed E-state index contributed by atoms with van der Waals surface area (Å²) in [5.74, 6) is 1.02. The Labute approximate surface area is 170 Å². The first kappa shape index (κ1) is 20.4. The topological polar surface area (TPSA) is 88.3 Å². The molecule has 0 atom stereocenters. The van der Waals surface area contributed by atoms with Crippen LogP contribution in [0.4, 0.5) is 24.9 Å². The van der Waals surface area contributed by atoms with Gasteiger partial charge in [-0.3, -0.25) is 0 Å². The predicted molar refractivity (Wildman–Crippen MR) is 104 cm³/mol. The molecule has 30 heavy (non-hydrogen) atoms. The molecule has 2 aromatic heterocycles. The number of nitrogens with zero attached hydrogens (tertiary/aromatic N) is 5. The first-order chi connectivity index (χ1) is 14.5. The number of aromatic nitrogens is 4. The fraction of sp³-hybridized carbons (Fsp3) is 0.421. The van der Waals surface area contributed by atoms with Gasteiger partial charge >= 0.3 is 6.18 Å². The molecule has 4 rings (SSSR count). The lowest BCUT2D eigenvalue weighted by atomic mass is 10.1. The molecule has 0 aliphatic carbocycles. The van der Waals surface area contributed by atoms with Crippen LogP contribution in [0.15, 0.2) is 30.6 Å². The highest BCUT2D eigenvalue weighted by molar-refractivity contribution is 5.84. The van der Waals surface area contributed by atoms with Crippen LogP contribution >= 0.6 is 0 Å². The largest absolute Gasteiger partial charge is 0.416 e. The Morgan fingerprint density at radius 3 is 2.50 bits per heavy atom.